The van der Waals surface area contributed by atoms with E-state index in [-0.39, 0.29) is 23.2 Å². The number of benzene rings is 1. The first kappa shape index (κ1) is 23.6. The number of carbonyl (C=O) groups excluding carboxylic acids is 1. The molecule has 3 aliphatic carbocycles. The third-order valence-electron chi connectivity index (χ3n) is 8.52. The first-order valence-corrected chi connectivity index (χ1v) is 12.8. The Bertz CT molecular complexity index is 1250. The minimum absolute atomic E-state index is 0.000247. The number of anilines is 1. The molecule has 2 aromatic rings. The number of likely N-dealkylation sites (tertiary alicyclic amines) is 1. The number of pyridine rings is 1. The van der Waals surface area contributed by atoms with E-state index in [2.05, 4.69) is 22.6 Å². The van der Waals surface area contributed by atoms with Gasteiger partial charge in [-0.3, -0.25) is 9.59 Å². The Hall–Kier alpha value is -2.81. The summed E-state index contributed by atoms with van der Waals surface area (Å²) in [6.07, 6.45) is 2.03. The van der Waals surface area contributed by atoms with Gasteiger partial charge in [0, 0.05) is 43.0 Å². The second-order valence-corrected chi connectivity index (χ2v) is 11.1. The van der Waals surface area contributed by atoms with Crippen LogP contribution in [0.2, 0.25) is 0 Å². The van der Waals surface area contributed by atoms with Gasteiger partial charge >= 0.3 is 0 Å². The van der Waals surface area contributed by atoms with Crippen LogP contribution in [-0.4, -0.2) is 41.6 Å². The molecule has 1 aromatic carbocycles. The van der Waals surface area contributed by atoms with Crippen molar-refractivity contribution in [3.8, 4) is 0 Å². The number of alkyl halides is 2. The fourth-order valence-corrected chi connectivity index (χ4v) is 6.21. The summed E-state index contributed by atoms with van der Waals surface area (Å²) in [4.78, 5) is 28.8. The highest BCUT2D eigenvalue weighted by atomic mass is 19.3. The van der Waals surface area contributed by atoms with E-state index in [0.29, 0.717) is 34.9 Å². The van der Waals surface area contributed by atoms with Crippen LogP contribution >= 0.6 is 0 Å². The van der Waals surface area contributed by atoms with Crippen LogP contribution in [0.25, 0.3) is 0 Å². The monoisotopic (exact) mass is 500 g/mol. The van der Waals surface area contributed by atoms with Gasteiger partial charge in [0.25, 0.3) is 17.9 Å². The molecular weight excluding hydrogens is 469 g/mol. The smallest absolute Gasteiger partial charge is 0.266 e. The largest absolute Gasteiger partial charge is 0.381 e. The predicted octanol–water partition coefficient (Wildman–Crippen LogP) is 4.36. The number of halogens is 3. The minimum Gasteiger partial charge on any atom is -0.381 e. The normalized spacial score (nSPS) is 29.7. The minimum atomic E-state index is -2.94. The molecule has 9 heteroatoms. The van der Waals surface area contributed by atoms with Crippen molar-refractivity contribution in [1.82, 2.24) is 14.8 Å². The van der Waals surface area contributed by atoms with E-state index >= 15 is 0 Å². The number of hydrogen-bond donors (Lipinski definition) is 2. The van der Waals surface area contributed by atoms with Crippen LogP contribution in [0.1, 0.15) is 66.2 Å². The molecule has 2 N–H and O–H groups in total. The molecule has 6 rings (SSSR count). The summed E-state index contributed by atoms with van der Waals surface area (Å²) in [6, 6.07) is 4.81. The molecule has 36 heavy (non-hydrogen) atoms. The maximum atomic E-state index is 14.7. The van der Waals surface area contributed by atoms with Crippen molar-refractivity contribution in [3.63, 3.8) is 0 Å². The van der Waals surface area contributed by atoms with Crippen LogP contribution in [0.5, 0.6) is 0 Å². The van der Waals surface area contributed by atoms with Crippen molar-refractivity contribution < 1.29 is 18.0 Å². The number of aromatic nitrogens is 1. The molecule has 1 aromatic heterocycles. The lowest BCUT2D eigenvalue weighted by molar-refractivity contribution is 0.0939. The van der Waals surface area contributed by atoms with E-state index in [0.717, 1.165) is 25.6 Å². The Morgan fingerprint density at radius 2 is 1.81 bits per heavy atom. The Labute approximate surface area is 207 Å². The summed E-state index contributed by atoms with van der Waals surface area (Å²) in [7, 11) is 2.08. The predicted molar refractivity (Wildman–Crippen MR) is 130 cm³/mol. The first-order chi connectivity index (χ1) is 17.2. The lowest BCUT2D eigenvalue weighted by Crippen LogP contribution is -2.32. The van der Waals surface area contributed by atoms with Crippen molar-refractivity contribution in [3.05, 3.63) is 63.3 Å². The fraction of sp³-hybridized carbons (Fsp3) is 0.556. The standard InChI is InChI=1S/C27H31F3N4O2/c1-13(15-4-3-5-16(24(15)28)26(29)30)31-27(36)20-12-34(22-8-17(22)14-6-7-14)23(35)9-21(20)32-25-18-10-33(2)11-19(18)25/h3-5,9,12-14,17-19,22,25-26,32H,6-8,10-11H2,1-2H3,(H,31,36)/t13-,17+,18-,19+,22-,25?/m1/s1. The second-order valence-electron chi connectivity index (χ2n) is 11.1. The van der Waals surface area contributed by atoms with Gasteiger partial charge in [0.05, 0.1) is 22.9 Å². The summed E-state index contributed by atoms with van der Waals surface area (Å²) in [5.74, 6) is 0.656. The number of carbonyl (C=O) groups is 1. The number of fused-ring (bicyclic) bond motifs is 1. The first-order valence-electron chi connectivity index (χ1n) is 12.8. The van der Waals surface area contributed by atoms with Gasteiger partial charge in [-0.2, -0.15) is 0 Å². The molecule has 4 aliphatic rings. The van der Waals surface area contributed by atoms with Crippen molar-refractivity contribution in [2.45, 2.75) is 50.7 Å². The van der Waals surface area contributed by atoms with Gasteiger partial charge in [0.2, 0.25) is 0 Å². The molecule has 4 fully saturated rings. The summed E-state index contributed by atoms with van der Waals surface area (Å²) in [6.45, 7) is 3.52. The van der Waals surface area contributed by atoms with Gasteiger partial charge in [-0.15, -0.1) is 0 Å². The second kappa shape index (κ2) is 8.64. The fourth-order valence-electron chi connectivity index (χ4n) is 6.21. The number of nitrogens with zero attached hydrogens (tertiary/aromatic N) is 2. The molecule has 0 spiro atoms. The topological polar surface area (TPSA) is 66.4 Å². The zero-order valence-electron chi connectivity index (χ0n) is 20.4. The van der Waals surface area contributed by atoms with Crippen LogP contribution in [0.3, 0.4) is 0 Å². The molecule has 6 nitrogen and oxygen atoms in total. The van der Waals surface area contributed by atoms with Gasteiger partial charge in [-0.25, -0.2) is 13.2 Å². The van der Waals surface area contributed by atoms with Crippen LogP contribution < -0.4 is 16.2 Å². The van der Waals surface area contributed by atoms with Crippen LogP contribution in [0, 0.1) is 29.5 Å². The molecule has 1 unspecified atom stereocenters. The summed E-state index contributed by atoms with van der Waals surface area (Å²) in [5.41, 5.74) is -0.0109. The molecule has 0 bridgehead atoms. The van der Waals surface area contributed by atoms with E-state index < -0.39 is 29.8 Å². The van der Waals surface area contributed by atoms with E-state index in [4.69, 9.17) is 0 Å². The lowest BCUT2D eigenvalue weighted by Gasteiger charge is -2.20. The molecular formula is C27H31F3N4O2. The van der Waals surface area contributed by atoms with Crippen LogP contribution in [-0.2, 0) is 0 Å². The van der Waals surface area contributed by atoms with Crippen molar-refractivity contribution in [1.29, 1.82) is 0 Å². The highest BCUT2D eigenvalue weighted by molar-refractivity contribution is 5.99. The van der Waals surface area contributed by atoms with Crippen LogP contribution in [0.4, 0.5) is 18.9 Å². The Kier molecular flexibility index (Phi) is 5.66. The maximum Gasteiger partial charge on any atom is 0.266 e. The number of hydrogen-bond acceptors (Lipinski definition) is 4. The average molecular weight is 501 g/mol. The van der Waals surface area contributed by atoms with Gasteiger partial charge < -0.3 is 20.1 Å². The number of rotatable bonds is 8. The molecule has 0 radical (unpaired) electrons. The summed E-state index contributed by atoms with van der Waals surface area (Å²) < 4.78 is 42.8. The molecule has 3 saturated carbocycles. The van der Waals surface area contributed by atoms with Crippen molar-refractivity contribution >= 4 is 11.6 Å². The molecule has 1 amide bonds. The van der Waals surface area contributed by atoms with Gasteiger partial charge in [0.1, 0.15) is 5.82 Å². The quantitative estimate of drug-likeness (QED) is 0.566. The van der Waals surface area contributed by atoms with Crippen molar-refractivity contribution in [2.24, 2.45) is 23.7 Å². The van der Waals surface area contributed by atoms with Crippen LogP contribution in [0.15, 0.2) is 35.3 Å². The summed E-state index contributed by atoms with van der Waals surface area (Å²) >= 11 is 0. The van der Waals surface area contributed by atoms with Gasteiger partial charge in [-0.05, 0) is 56.9 Å². The van der Waals surface area contributed by atoms with Gasteiger partial charge in [-0.1, -0.05) is 18.2 Å². The lowest BCUT2D eigenvalue weighted by atomic mass is 10.0. The van der Waals surface area contributed by atoms with E-state index in [1.54, 1.807) is 17.7 Å². The Morgan fingerprint density at radius 1 is 1.11 bits per heavy atom. The molecule has 192 valence electrons. The highest BCUT2D eigenvalue weighted by Crippen LogP contribution is 2.56. The summed E-state index contributed by atoms with van der Waals surface area (Å²) in [5, 5.41) is 6.21. The van der Waals surface area contributed by atoms with Gasteiger partial charge in [0.15, 0.2) is 0 Å². The van der Waals surface area contributed by atoms with E-state index in [1.807, 2.05) is 0 Å². The Morgan fingerprint density at radius 3 is 2.47 bits per heavy atom. The highest BCUT2D eigenvalue weighted by Gasteiger charge is 2.55. The molecule has 1 aliphatic heterocycles. The average Bonchev–Trinajstić information content (AvgIpc) is 3.73. The number of amides is 1. The number of piperidine rings is 1. The zero-order valence-corrected chi connectivity index (χ0v) is 20.4. The van der Waals surface area contributed by atoms with Crippen molar-refractivity contribution in [2.75, 3.05) is 25.5 Å². The molecule has 1 saturated heterocycles. The van der Waals surface area contributed by atoms with E-state index in [1.165, 1.54) is 31.0 Å². The third-order valence-corrected chi connectivity index (χ3v) is 8.52. The van der Waals surface area contributed by atoms with E-state index in [9.17, 15) is 22.8 Å². The molecule has 2 heterocycles. The number of nitrogens with one attached hydrogen (secondary N) is 2. The maximum absolute atomic E-state index is 14.7. The SMILES string of the molecule is C[C@@H](NC(=O)c1cn([C@@H]2C[C@H]2C2CC2)c(=O)cc1NC1[C@H]2CN(C)C[C@@H]12)c1cccc(C(F)F)c1F. The Balaban J connectivity index is 1.27. The zero-order chi connectivity index (χ0) is 25.3. The molecule has 6 atom stereocenters. The third kappa shape index (κ3) is 4.21.